The summed E-state index contributed by atoms with van der Waals surface area (Å²) >= 11 is 0. The lowest BCUT2D eigenvalue weighted by atomic mass is 9.83. The quantitative estimate of drug-likeness (QED) is 0.452. The van der Waals surface area contributed by atoms with Crippen LogP contribution in [0.25, 0.3) is 0 Å². The van der Waals surface area contributed by atoms with Crippen LogP contribution in [0.2, 0.25) is 0 Å². The van der Waals surface area contributed by atoms with E-state index < -0.39 is 23.5 Å². The van der Waals surface area contributed by atoms with E-state index in [9.17, 15) is 14.4 Å². The molecule has 1 heterocycles. The van der Waals surface area contributed by atoms with Crippen molar-refractivity contribution in [2.24, 2.45) is 5.41 Å². The Morgan fingerprint density at radius 1 is 0.976 bits per heavy atom. The predicted molar refractivity (Wildman–Crippen MR) is 165 cm³/mol. The van der Waals surface area contributed by atoms with E-state index in [4.69, 9.17) is 4.74 Å². The van der Waals surface area contributed by atoms with Gasteiger partial charge in [-0.2, -0.15) is 0 Å². The molecule has 3 N–H and O–H groups in total. The number of carbonyl (C=O) groups excluding carboxylic acids is 3. The summed E-state index contributed by atoms with van der Waals surface area (Å²) in [6.07, 6.45) is 3.24. The molecule has 2 aromatic carbocycles. The number of benzene rings is 2. The molecule has 1 unspecified atom stereocenters. The number of fused-ring (bicyclic) bond motifs is 2. The lowest BCUT2D eigenvalue weighted by Crippen LogP contribution is -2.62. The highest BCUT2D eigenvalue weighted by atomic mass is 16.5. The van der Waals surface area contributed by atoms with Gasteiger partial charge in [0, 0.05) is 13.0 Å². The average molecular weight is 577 g/mol. The van der Waals surface area contributed by atoms with Crippen molar-refractivity contribution in [1.82, 2.24) is 20.9 Å². The predicted octanol–water partition coefficient (Wildman–Crippen LogP) is 4.45. The van der Waals surface area contributed by atoms with Gasteiger partial charge in [0.05, 0.1) is 12.1 Å². The molecule has 4 atom stereocenters. The molecule has 1 aliphatic heterocycles. The molecule has 8 heteroatoms. The van der Waals surface area contributed by atoms with E-state index in [1.54, 1.807) is 18.9 Å². The summed E-state index contributed by atoms with van der Waals surface area (Å²) in [5.74, 6) is 0.0205. The van der Waals surface area contributed by atoms with Crippen molar-refractivity contribution >= 4 is 17.7 Å². The first kappa shape index (κ1) is 31.5. The largest absolute Gasteiger partial charge is 0.488 e. The highest BCUT2D eigenvalue weighted by molar-refractivity contribution is 5.94. The lowest BCUT2D eigenvalue weighted by molar-refractivity contribution is -0.147. The molecule has 3 amide bonds. The number of nitrogens with zero attached hydrogens (tertiary/aromatic N) is 1. The SMILES string of the molecule is CN[C@@H](C)C(=O)N[C@H](C(=O)N1Cc2cc(OC(C)(C)C)ccc2C[C@H]1C(=O)NC1CCCc2ccccc21)C(C)(C)C. The maximum Gasteiger partial charge on any atom is 0.246 e. The topological polar surface area (TPSA) is 99.8 Å². The Bertz CT molecular complexity index is 1310. The minimum Gasteiger partial charge on any atom is -0.488 e. The molecule has 2 aliphatic rings. The zero-order valence-corrected chi connectivity index (χ0v) is 26.5. The van der Waals surface area contributed by atoms with Crippen LogP contribution in [0.3, 0.4) is 0 Å². The smallest absolute Gasteiger partial charge is 0.246 e. The summed E-state index contributed by atoms with van der Waals surface area (Å²) < 4.78 is 6.12. The third kappa shape index (κ3) is 7.33. The molecule has 8 nitrogen and oxygen atoms in total. The van der Waals surface area contributed by atoms with Crippen LogP contribution >= 0.6 is 0 Å². The summed E-state index contributed by atoms with van der Waals surface area (Å²) in [6, 6.07) is 12.1. The molecule has 0 radical (unpaired) electrons. The van der Waals surface area contributed by atoms with Gasteiger partial charge in [0.1, 0.15) is 23.4 Å². The molecule has 228 valence electrons. The van der Waals surface area contributed by atoms with Gasteiger partial charge in [0.25, 0.3) is 0 Å². The third-order valence-electron chi connectivity index (χ3n) is 8.23. The van der Waals surface area contributed by atoms with Crippen LogP contribution in [0, 0.1) is 5.41 Å². The van der Waals surface area contributed by atoms with Gasteiger partial charge in [0.15, 0.2) is 0 Å². The fourth-order valence-corrected chi connectivity index (χ4v) is 5.83. The number of aryl methyl sites for hydroxylation is 1. The molecular formula is C34H48N4O4. The number of hydrogen-bond acceptors (Lipinski definition) is 5. The number of carbonyl (C=O) groups is 3. The monoisotopic (exact) mass is 576 g/mol. The van der Waals surface area contributed by atoms with Crippen molar-refractivity contribution in [3.8, 4) is 5.75 Å². The Kier molecular flexibility index (Phi) is 9.36. The zero-order chi connectivity index (χ0) is 30.8. The molecule has 4 rings (SSSR count). The molecule has 1 aliphatic carbocycles. The van der Waals surface area contributed by atoms with Gasteiger partial charge in [0.2, 0.25) is 17.7 Å². The second-order valence-electron chi connectivity index (χ2n) is 13.8. The lowest BCUT2D eigenvalue weighted by Gasteiger charge is -2.42. The molecule has 42 heavy (non-hydrogen) atoms. The Morgan fingerprint density at radius 2 is 1.69 bits per heavy atom. The summed E-state index contributed by atoms with van der Waals surface area (Å²) in [4.78, 5) is 43.1. The van der Waals surface area contributed by atoms with Crippen molar-refractivity contribution in [1.29, 1.82) is 0 Å². The zero-order valence-electron chi connectivity index (χ0n) is 26.5. The van der Waals surface area contributed by atoms with Gasteiger partial charge < -0.3 is 25.6 Å². The van der Waals surface area contributed by atoms with E-state index in [0.717, 1.165) is 41.7 Å². The van der Waals surface area contributed by atoms with Crippen molar-refractivity contribution in [3.05, 3.63) is 64.7 Å². The van der Waals surface area contributed by atoms with Crippen LogP contribution in [-0.4, -0.2) is 53.4 Å². The average Bonchev–Trinajstić information content (AvgIpc) is 2.92. The van der Waals surface area contributed by atoms with E-state index in [1.807, 2.05) is 71.9 Å². The van der Waals surface area contributed by atoms with Crippen LogP contribution in [0.5, 0.6) is 5.75 Å². The first-order valence-corrected chi connectivity index (χ1v) is 15.1. The van der Waals surface area contributed by atoms with Crippen molar-refractivity contribution < 1.29 is 19.1 Å². The number of likely N-dealkylation sites (N-methyl/N-ethyl adjacent to an activating group) is 1. The van der Waals surface area contributed by atoms with Crippen molar-refractivity contribution in [2.75, 3.05) is 7.05 Å². The highest BCUT2D eigenvalue weighted by Gasteiger charge is 2.43. The number of amides is 3. The molecule has 0 saturated carbocycles. The maximum atomic E-state index is 14.4. The van der Waals surface area contributed by atoms with E-state index >= 15 is 0 Å². The van der Waals surface area contributed by atoms with E-state index in [0.29, 0.717) is 6.42 Å². The van der Waals surface area contributed by atoms with E-state index in [-0.39, 0.29) is 35.9 Å². The Hall–Kier alpha value is -3.39. The van der Waals surface area contributed by atoms with E-state index in [2.05, 4.69) is 28.1 Å². The fraction of sp³-hybridized carbons (Fsp3) is 0.559. The molecule has 0 bridgehead atoms. The summed E-state index contributed by atoms with van der Waals surface area (Å²) in [5.41, 5.74) is 3.42. The highest BCUT2D eigenvalue weighted by Crippen LogP contribution is 2.33. The summed E-state index contributed by atoms with van der Waals surface area (Å²) in [5, 5.41) is 9.21. The molecular weight excluding hydrogens is 528 g/mol. The molecule has 2 aromatic rings. The van der Waals surface area contributed by atoms with Crippen LogP contribution in [0.4, 0.5) is 0 Å². The number of hydrogen-bond donors (Lipinski definition) is 3. The fourth-order valence-electron chi connectivity index (χ4n) is 5.83. The van der Waals surface area contributed by atoms with E-state index in [1.165, 1.54) is 5.56 Å². The van der Waals surface area contributed by atoms with Gasteiger partial charge in [-0.15, -0.1) is 0 Å². The number of ether oxygens (including phenoxy) is 1. The summed E-state index contributed by atoms with van der Waals surface area (Å²) in [6.45, 7) is 13.8. The van der Waals surface area contributed by atoms with Crippen molar-refractivity contribution in [3.63, 3.8) is 0 Å². The van der Waals surface area contributed by atoms with Gasteiger partial charge in [-0.1, -0.05) is 51.1 Å². The normalized spacial score (nSPS) is 20.0. The van der Waals surface area contributed by atoms with Gasteiger partial charge in [-0.05, 0) is 93.8 Å². The molecule has 0 saturated heterocycles. The van der Waals surface area contributed by atoms with Gasteiger partial charge in [-0.25, -0.2) is 0 Å². The minimum absolute atomic E-state index is 0.0991. The minimum atomic E-state index is -0.818. The molecule has 0 spiro atoms. The number of nitrogens with one attached hydrogen (secondary N) is 3. The van der Waals surface area contributed by atoms with Crippen molar-refractivity contribution in [2.45, 2.75) is 110 Å². The van der Waals surface area contributed by atoms with Crippen LogP contribution in [0.1, 0.15) is 89.6 Å². The standard InChI is InChI=1S/C34H48N4O4/c1-21(35-8)30(39)37-29(33(2,3)4)32(41)38-20-24-18-25(42-34(5,6)7)17-16-23(24)19-28(38)31(40)36-27-15-11-13-22-12-9-10-14-26(22)27/h9-10,12,14,16-18,21,27-29,35H,11,13,15,19-20H2,1-8H3,(H,36,40)(H,37,39)/t21-,27?,28-,29+/m0/s1. The van der Waals surface area contributed by atoms with Crippen LogP contribution in [0.15, 0.2) is 42.5 Å². The Balaban J connectivity index is 1.68. The molecule has 0 fully saturated rings. The van der Waals surface area contributed by atoms with Gasteiger partial charge >= 0.3 is 0 Å². The number of rotatable bonds is 7. The first-order chi connectivity index (χ1) is 19.7. The first-order valence-electron chi connectivity index (χ1n) is 15.1. The third-order valence-corrected chi connectivity index (χ3v) is 8.23. The maximum absolute atomic E-state index is 14.4. The Morgan fingerprint density at radius 3 is 2.36 bits per heavy atom. The van der Waals surface area contributed by atoms with Gasteiger partial charge in [-0.3, -0.25) is 14.4 Å². The second-order valence-corrected chi connectivity index (χ2v) is 13.8. The van der Waals surface area contributed by atoms with Crippen LogP contribution < -0.4 is 20.7 Å². The Labute approximate surface area is 251 Å². The van der Waals surface area contributed by atoms with Crippen LogP contribution in [-0.2, 0) is 33.8 Å². The summed E-state index contributed by atoms with van der Waals surface area (Å²) in [7, 11) is 1.71. The second kappa shape index (κ2) is 12.5. The molecule has 0 aromatic heterocycles.